The third kappa shape index (κ3) is 6.27. The number of rotatable bonds is 8. The van der Waals surface area contributed by atoms with Gasteiger partial charge in [-0.3, -0.25) is 4.79 Å². The fraction of sp³-hybridized carbons (Fsp3) is 0.417. The van der Waals surface area contributed by atoms with Gasteiger partial charge in [0.05, 0.1) is 30.8 Å². The van der Waals surface area contributed by atoms with Crippen LogP contribution in [0.15, 0.2) is 17.5 Å². The minimum Gasteiger partial charge on any atom is -0.549 e. The number of nitriles is 1. The second-order valence-corrected chi connectivity index (χ2v) is 5.69. The highest BCUT2D eigenvalue weighted by molar-refractivity contribution is 8.00. The summed E-state index contributed by atoms with van der Waals surface area (Å²) in [4.78, 5) is 24.8. The lowest BCUT2D eigenvalue weighted by Crippen LogP contribution is -2.33. The van der Waals surface area contributed by atoms with E-state index in [2.05, 4.69) is 0 Å². The minimum atomic E-state index is -1.18. The summed E-state index contributed by atoms with van der Waals surface area (Å²) in [7, 11) is 0. The van der Waals surface area contributed by atoms with Gasteiger partial charge in [0.25, 0.3) is 0 Å². The fourth-order valence-corrected chi connectivity index (χ4v) is 2.73. The Balaban J connectivity index is 2.50. The molecule has 0 aliphatic carbocycles. The number of carboxylic acids is 1. The molecule has 0 radical (unpaired) electrons. The van der Waals surface area contributed by atoms with Gasteiger partial charge in [-0.25, -0.2) is 0 Å². The average Bonchev–Trinajstić information content (AvgIpc) is 2.86. The molecule has 0 N–H and O–H groups in total. The van der Waals surface area contributed by atoms with Crippen LogP contribution < -0.4 is 5.11 Å². The van der Waals surface area contributed by atoms with Gasteiger partial charge in [0, 0.05) is 17.2 Å². The molecule has 0 aliphatic heterocycles. The molecule has 1 rings (SSSR count). The molecule has 0 aromatic carbocycles. The molecule has 1 aromatic rings. The topological polar surface area (TPSA) is 84.2 Å². The van der Waals surface area contributed by atoms with Gasteiger partial charge in [-0.15, -0.1) is 23.1 Å². The van der Waals surface area contributed by atoms with E-state index in [0.29, 0.717) is 13.1 Å². The molecule has 0 fully saturated rings. The van der Waals surface area contributed by atoms with Crippen LogP contribution in [0.3, 0.4) is 0 Å². The van der Waals surface area contributed by atoms with E-state index in [0.717, 1.165) is 16.6 Å². The summed E-state index contributed by atoms with van der Waals surface area (Å²) in [5.41, 5.74) is 0. The van der Waals surface area contributed by atoms with E-state index in [9.17, 15) is 14.7 Å². The molecule has 102 valence electrons. The maximum absolute atomic E-state index is 11.9. The Morgan fingerprint density at radius 1 is 1.47 bits per heavy atom. The van der Waals surface area contributed by atoms with Crippen molar-refractivity contribution in [2.75, 3.05) is 18.1 Å². The summed E-state index contributed by atoms with van der Waals surface area (Å²) in [6.45, 7) is 0.823. The van der Waals surface area contributed by atoms with Gasteiger partial charge in [-0.1, -0.05) is 6.07 Å². The van der Waals surface area contributed by atoms with Crippen LogP contribution in [-0.4, -0.2) is 34.8 Å². The van der Waals surface area contributed by atoms with E-state index in [-0.39, 0.29) is 23.8 Å². The summed E-state index contributed by atoms with van der Waals surface area (Å²) in [5.74, 6) is -1.45. The SMILES string of the molecule is N#CCCN(Cc1cccs1)C(=O)CSCC(=O)[O-]. The number of carbonyl (C=O) groups is 2. The molecule has 1 heterocycles. The lowest BCUT2D eigenvalue weighted by Gasteiger charge is -2.20. The van der Waals surface area contributed by atoms with Crippen molar-refractivity contribution in [1.29, 1.82) is 5.26 Å². The Labute approximate surface area is 119 Å². The Hall–Kier alpha value is -1.52. The molecule has 0 spiro atoms. The van der Waals surface area contributed by atoms with Gasteiger partial charge in [-0.05, 0) is 11.4 Å². The zero-order valence-corrected chi connectivity index (χ0v) is 11.8. The van der Waals surface area contributed by atoms with Crippen LogP contribution in [-0.2, 0) is 16.1 Å². The largest absolute Gasteiger partial charge is 0.549 e. The van der Waals surface area contributed by atoms with Crippen LogP contribution >= 0.6 is 23.1 Å². The predicted molar refractivity (Wildman–Crippen MR) is 72.3 cm³/mol. The number of aliphatic carboxylic acids is 1. The average molecular weight is 297 g/mol. The lowest BCUT2D eigenvalue weighted by atomic mass is 10.3. The Kier molecular flexibility index (Phi) is 7.00. The lowest BCUT2D eigenvalue weighted by molar-refractivity contribution is -0.301. The number of thiophene rings is 1. The highest BCUT2D eigenvalue weighted by Gasteiger charge is 2.14. The van der Waals surface area contributed by atoms with E-state index >= 15 is 0 Å². The van der Waals surface area contributed by atoms with Crippen molar-refractivity contribution in [3.8, 4) is 6.07 Å². The molecule has 7 heteroatoms. The highest BCUT2D eigenvalue weighted by atomic mass is 32.2. The van der Waals surface area contributed by atoms with Crippen LogP contribution in [0, 0.1) is 11.3 Å². The monoisotopic (exact) mass is 297 g/mol. The van der Waals surface area contributed by atoms with E-state index < -0.39 is 5.97 Å². The van der Waals surface area contributed by atoms with Crippen molar-refractivity contribution in [2.24, 2.45) is 0 Å². The quantitative estimate of drug-likeness (QED) is 0.696. The molecule has 1 amide bonds. The maximum Gasteiger partial charge on any atom is 0.232 e. The van der Waals surface area contributed by atoms with Gasteiger partial charge >= 0.3 is 0 Å². The summed E-state index contributed by atoms with van der Waals surface area (Å²) < 4.78 is 0. The molecule has 0 saturated heterocycles. The van der Waals surface area contributed by atoms with Gasteiger partial charge in [0.1, 0.15) is 0 Å². The van der Waals surface area contributed by atoms with Crippen LogP contribution in [0.25, 0.3) is 0 Å². The normalized spacial score (nSPS) is 9.84. The minimum absolute atomic E-state index is 0.0881. The van der Waals surface area contributed by atoms with E-state index in [1.807, 2.05) is 23.6 Å². The zero-order chi connectivity index (χ0) is 14.1. The van der Waals surface area contributed by atoms with Crippen LogP contribution in [0.2, 0.25) is 0 Å². The van der Waals surface area contributed by atoms with E-state index in [1.54, 1.807) is 16.2 Å². The first-order chi connectivity index (χ1) is 9.13. The standard InChI is InChI=1S/C12H14N2O3S2/c13-4-2-5-14(7-10-3-1-6-19-10)11(15)8-18-9-12(16)17/h1,3,6H,2,5,7-9H2,(H,16,17)/p-1. The smallest absolute Gasteiger partial charge is 0.232 e. The molecule has 0 bridgehead atoms. The first kappa shape index (κ1) is 15.5. The van der Waals surface area contributed by atoms with Gasteiger partial charge in [0.15, 0.2) is 0 Å². The number of hydrogen-bond donors (Lipinski definition) is 0. The predicted octanol–water partition coefficient (Wildman–Crippen LogP) is 0.473. The highest BCUT2D eigenvalue weighted by Crippen LogP contribution is 2.13. The van der Waals surface area contributed by atoms with Crippen molar-refractivity contribution in [3.63, 3.8) is 0 Å². The molecular formula is C12H13N2O3S2-. The molecule has 0 saturated carbocycles. The summed E-state index contributed by atoms with van der Waals surface area (Å²) >= 11 is 2.55. The number of carbonyl (C=O) groups excluding carboxylic acids is 2. The molecule has 19 heavy (non-hydrogen) atoms. The van der Waals surface area contributed by atoms with Crippen molar-refractivity contribution < 1.29 is 14.7 Å². The third-order valence-electron chi connectivity index (χ3n) is 2.22. The van der Waals surface area contributed by atoms with Gasteiger partial charge in [0.2, 0.25) is 5.91 Å². The Bertz CT molecular complexity index is 454. The fourth-order valence-electron chi connectivity index (χ4n) is 1.38. The molecular weight excluding hydrogens is 284 g/mol. The summed E-state index contributed by atoms with van der Waals surface area (Å²) in [5, 5.41) is 20.8. The summed E-state index contributed by atoms with van der Waals surface area (Å²) in [6.07, 6.45) is 0.266. The Morgan fingerprint density at radius 3 is 2.84 bits per heavy atom. The van der Waals surface area contributed by atoms with Crippen molar-refractivity contribution in [2.45, 2.75) is 13.0 Å². The van der Waals surface area contributed by atoms with Crippen LogP contribution in [0.1, 0.15) is 11.3 Å². The number of nitrogens with zero attached hydrogens (tertiary/aromatic N) is 2. The summed E-state index contributed by atoms with van der Waals surface area (Å²) in [6, 6.07) is 5.83. The van der Waals surface area contributed by atoms with Gasteiger partial charge < -0.3 is 14.8 Å². The van der Waals surface area contributed by atoms with Crippen LogP contribution in [0.5, 0.6) is 0 Å². The first-order valence-electron chi connectivity index (χ1n) is 5.58. The number of hydrogen-bond acceptors (Lipinski definition) is 6. The maximum atomic E-state index is 11.9. The molecule has 1 aromatic heterocycles. The number of amides is 1. The second kappa shape index (κ2) is 8.56. The first-order valence-corrected chi connectivity index (χ1v) is 7.61. The zero-order valence-electron chi connectivity index (χ0n) is 10.2. The van der Waals surface area contributed by atoms with Crippen molar-refractivity contribution in [3.05, 3.63) is 22.4 Å². The Morgan fingerprint density at radius 2 is 2.26 bits per heavy atom. The van der Waals surface area contributed by atoms with E-state index in [4.69, 9.17) is 5.26 Å². The van der Waals surface area contributed by atoms with Crippen molar-refractivity contribution >= 4 is 35.0 Å². The molecule has 0 aliphatic rings. The number of carboxylic acid groups (broad SMARTS) is 1. The number of thioether (sulfide) groups is 1. The molecule has 0 unspecified atom stereocenters. The molecule has 5 nitrogen and oxygen atoms in total. The molecule has 0 atom stereocenters. The van der Waals surface area contributed by atoms with E-state index in [1.165, 1.54) is 0 Å². The van der Waals surface area contributed by atoms with Crippen LogP contribution in [0.4, 0.5) is 0 Å². The third-order valence-corrected chi connectivity index (χ3v) is 3.97. The second-order valence-electron chi connectivity index (χ2n) is 3.67. The van der Waals surface area contributed by atoms with Crippen molar-refractivity contribution in [1.82, 2.24) is 4.90 Å². The van der Waals surface area contributed by atoms with Gasteiger partial charge in [-0.2, -0.15) is 5.26 Å².